The molecule has 0 aliphatic carbocycles. The molecule has 0 aliphatic rings. The zero-order valence-electron chi connectivity index (χ0n) is 18.5. The normalized spacial score (nSPS) is 11.0. The van der Waals surface area contributed by atoms with Gasteiger partial charge in [0.05, 0.1) is 31.6 Å². The summed E-state index contributed by atoms with van der Waals surface area (Å²) in [7, 11) is 1.56. The van der Waals surface area contributed by atoms with Crippen LogP contribution in [0.4, 0.5) is 16.4 Å². The molecule has 2 heterocycles. The van der Waals surface area contributed by atoms with Crippen molar-refractivity contribution in [2.24, 2.45) is 0 Å². The van der Waals surface area contributed by atoms with Crippen LogP contribution >= 0.6 is 0 Å². The second kappa shape index (κ2) is 10.1. The van der Waals surface area contributed by atoms with Crippen molar-refractivity contribution in [3.05, 3.63) is 60.0 Å². The SMILES string of the molecule is COc1ccc(Nc2nccc(-c3ccc(CNC(=O)OC(C)(C)C)nc3)n2)cc1CO. The van der Waals surface area contributed by atoms with Gasteiger partial charge in [-0.2, -0.15) is 0 Å². The number of aromatic nitrogens is 3. The minimum atomic E-state index is -0.550. The first-order chi connectivity index (χ1) is 15.3. The van der Waals surface area contributed by atoms with Crippen LogP contribution in [-0.4, -0.2) is 38.9 Å². The molecule has 3 rings (SSSR count). The molecule has 0 saturated heterocycles. The van der Waals surface area contributed by atoms with Crippen LogP contribution < -0.4 is 15.4 Å². The number of hydrogen-bond donors (Lipinski definition) is 3. The Morgan fingerprint density at radius 2 is 1.94 bits per heavy atom. The first-order valence-corrected chi connectivity index (χ1v) is 10.1. The van der Waals surface area contributed by atoms with Crippen molar-refractivity contribution in [2.75, 3.05) is 12.4 Å². The molecule has 0 fully saturated rings. The molecule has 9 nitrogen and oxygen atoms in total. The molecule has 0 saturated carbocycles. The number of nitrogens with one attached hydrogen (secondary N) is 2. The van der Waals surface area contributed by atoms with Gasteiger partial charge in [-0.05, 0) is 57.2 Å². The number of benzene rings is 1. The first kappa shape index (κ1) is 23.0. The Labute approximate surface area is 186 Å². The quantitative estimate of drug-likeness (QED) is 0.511. The third-order valence-electron chi connectivity index (χ3n) is 4.30. The second-order valence-electron chi connectivity index (χ2n) is 7.97. The number of hydrogen-bond acceptors (Lipinski definition) is 8. The van der Waals surface area contributed by atoms with Crippen molar-refractivity contribution in [3.63, 3.8) is 0 Å². The monoisotopic (exact) mass is 437 g/mol. The van der Waals surface area contributed by atoms with Gasteiger partial charge < -0.3 is 25.2 Å². The highest BCUT2D eigenvalue weighted by molar-refractivity contribution is 5.67. The van der Waals surface area contributed by atoms with Crippen LogP contribution in [-0.2, 0) is 17.9 Å². The molecule has 9 heteroatoms. The summed E-state index contributed by atoms with van der Waals surface area (Å²) in [6, 6.07) is 10.9. The van der Waals surface area contributed by atoms with Gasteiger partial charge in [-0.1, -0.05) is 0 Å². The van der Waals surface area contributed by atoms with Crippen LogP contribution in [0.2, 0.25) is 0 Å². The van der Waals surface area contributed by atoms with Crippen molar-refractivity contribution in [3.8, 4) is 17.0 Å². The van der Waals surface area contributed by atoms with E-state index in [1.54, 1.807) is 37.7 Å². The highest BCUT2D eigenvalue weighted by Gasteiger charge is 2.15. The minimum absolute atomic E-state index is 0.138. The molecule has 1 aromatic carbocycles. The van der Waals surface area contributed by atoms with E-state index in [9.17, 15) is 9.90 Å². The van der Waals surface area contributed by atoms with Crippen molar-refractivity contribution in [2.45, 2.75) is 39.5 Å². The molecule has 0 radical (unpaired) electrons. The summed E-state index contributed by atoms with van der Waals surface area (Å²) in [4.78, 5) is 25.0. The van der Waals surface area contributed by atoms with Crippen LogP contribution in [0.3, 0.4) is 0 Å². The fourth-order valence-electron chi connectivity index (χ4n) is 2.85. The number of anilines is 2. The number of alkyl carbamates (subject to hydrolysis) is 1. The largest absolute Gasteiger partial charge is 0.496 e. The molecule has 1 amide bonds. The zero-order valence-corrected chi connectivity index (χ0v) is 18.5. The molecule has 0 spiro atoms. The lowest BCUT2D eigenvalue weighted by atomic mass is 10.2. The predicted octanol–water partition coefficient (Wildman–Crippen LogP) is 3.81. The highest BCUT2D eigenvalue weighted by Crippen LogP contribution is 2.25. The Morgan fingerprint density at radius 1 is 1.12 bits per heavy atom. The molecule has 2 aromatic heterocycles. The van der Waals surface area contributed by atoms with E-state index in [2.05, 4.69) is 25.6 Å². The van der Waals surface area contributed by atoms with Crippen LogP contribution in [0.25, 0.3) is 11.3 Å². The summed E-state index contributed by atoms with van der Waals surface area (Å²) in [5.74, 6) is 1.02. The van der Waals surface area contributed by atoms with Gasteiger partial charge in [0.1, 0.15) is 11.4 Å². The molecule has 3 aromatic rings. The number of carbonyl (C=O) groups is 1. The fourth-order valence-corrected chi connectivity index (χ4v) is 2.85. The van der Waals surface area contributed by atoms with Crippen molar-refractivity contribution in [1.29, 1.82) is 0 Å². The smallest absolute Gasteiger partial charge is 0.407 e. The number of nitrogens with zero attached hydrogens (tertiary/aromatic N) is 3. The fraction of sp³-hybridized carbons (Fsp3) is 0.304. The Bertz CT molecular complexity index is 1060. The molecule has 0 bridgehead atoms. The highest BCUT2D eigenvalue weighted by atomic mass is 16.6. The molecule has 0 atom stereocenters. The number of methoxy groups -OCH3 is 1. The van der Waals surface area contributed by atoms with Crippen molar-refractivity contribution < 1.29 is 19.4 Å². The van der Waals surface area contributed by atoms with E-state index in [4.69, 9.17) is 9.47 Å². The van der Waals surface area contributed by atoms with E-state index in [-0.39, 0.29) is 13.2 Å². The molecule has 32 heavy (non-hydrogen) atoms. The number of carbonyl (C=O) groups excluding carboxylic acids is 1. The lowest BCUT2D eigenvalue weighted by Crippen LogP contribution is -2.32. The number of rotatable bonds is 7. The van der Waals surface area contributed by atoms with Gasteiger partial charge in [-0.25, -0.2) is 14.8 Å². The summed E-state index contributed by atoms with van der Waals surface area (Å²) in [6.45, 7) is 5.55. The predicted molar refractivity (Wildman–Crippen MR) is 121 cm³/mol. The molecule has 0 unspecified atom stereocenters. The Kier molecular flexibility index (Phi) is 7.21. The van der Waals surface area contributed by atoms with E-state index in [0.29, 0.717) is 28.6 Å². The lowest BCUT2D eigenvalue weighted by molar-refractivity contribution is 0.0523. The van der Waals surface area contributed by atoms with E-state index < -0.39 is 11.7 Å². The molecular weight excluding hydrogens is 410 g/mol. The standard InChI is InChI=1S/C23H27N5O4/c1-23(2,3)32-22(30)26-13-18-6-5-15(12-25-18)19-9-10-24-21(28-19)27-17-7-8-20(31-4)16(11-17)14-29/h5-12,29H,13-14H2,1-4H3,(H,26,30)(H,24,27,28). The van der Waals surface area contributed by atoms with E-state index in [0.717, 1.165) is 11.3 Å². The zero-order chi connectivity index (χ0) is 23.1. The first-order valence-electron chi connectivity index (χ1n) is 10.1. The van der Waals surface area contributed by atoms with Gasteiger partial charge in [0.15, 0.2) is 0 Å². The number of amides is 1. The van der Waals surface area contributed by atoms with E-state index in [1.807, 2.05) is 39.0 Å². The van der Waals surface area contributed by atoms with Gasteiger partial charge in [0.2, 0.25) is 5.95 Å². The van der Waals surface area contributed by atoms with Crippen LogP contribution in [0, 0.1) is 0 Å². The van der Waals surface area contributed by atoms with E-state index >= 15 is 0 Å². The third-order valence-corrected chi connectivity index (χ3v) is 4.30. The summed E-state index contributed by atoms with van der Waals surface area (Å²) >= 11 is 0. The third kappa shape index (κ3) is 6.39. The number of aliphatic hydroxyl groups excluding tert-OH is 1. The number of pyridine rings is 1. The maximum atomic E-state index is 11.8. The lowest BCUT2D eigenvalue weighted by Gasteiger charge is -2.19. The van der Waals surface area contributed by atoms with Crippen molar-refractivity contribution in [1.82, 2.24) is 20.3 Å². The summed E-state index contributed by atoms with van der Waals surface area (Å²) in [5.41, 5.74) is 3.04. The maximum absolute atomic E-state index is 11.8. The van der Waals surface area contributed by atoms with Gasteiger partial charge in [0, 0.05) is 29.2 Å². The van der Waals surface area contributed by atoms with Gasteiger partial charge >= 0.3 is 6.09 Å². The van der Waals surface area contributed by atoms with Crippen molar-refractivity contribution >= 4 is 17.7 Å². The van der Waals surface area contributed by atoms with Gasteiger partial charge in [-0.3, -0.25) is 4.98 Å². The molecular formula is C23H27N5O4. The number of ether oxygens (including phenoxy) is 2. The Balaban J connectivity index is 1.67. The summed E-state index contributed by atoms with van der Waals surface area (Å²) < 4.78 is 10.4. The average Bonchev–Trinajstić information content (AvgIpc) is 2.77. The maximum Gasteiger partial charge on any atom is 0.407 e. The Morgan fingerprint density at radius 3 is 2.59 bits per heavy atom. The summed E-state index contributed by atoms with van der Waals surface area (Å²) in [5, 5.41) is 15.3. The van der Waals surface area contributed by atoms with Crippen LogP contribution in [0.5, 0.6) is 5.75 Å². The molecule has 3 N–H and O–H groups in total. The average molecular weight is 438 g/mol. The minimum Gasteiger partial charge on any atom is -0.496 e. The van der Waals surface area contributed by atoms with Crippen LogP contribution in [0.15, 0.2) is 48.8 Å². The second-order valence-corrected chi connectivity index (χ2v) is 7.97. The van der Waals surface area contributed by atoms with E-state index in [1.165, 1.54) is 0 Å². The Hall–Kier alpha value is -3.72. The van der Waals surface area contributed by atoms with Gasteiger partial charge in [0.25, 0.3) is 0 Å². The topological polar surface area (TPSA) is 118 Å². The summed E-state index contributed by atoms with van der Waals surface area (Å²) in [6.07, 6.45) is 2.85. The van der Waals surface area contributed by atoms with Gasteiger partial charge in [-0.15, -0.1) is 0 Å². The van der Waals surface area contributed by atoms with Crippen LogP contribution in [0.1, 0.15) is 32.0 Å². The molecule has 168 valence electrons. The molecule has 0 aliphatic heterocycles. The number of aliphatic hydroxyl groups is 1.